The standard InChI is InChI=1S/C28H26O/c1-28(2,18-11-19-29)26-20-25(21-12-5-3-6-13-21)23-16-9-10-17-24(23)27(26)22-14-7-4-8-15-22/h3-10,12-17,19-20H,11,18H2,1-2H3. The van der Waals surface area contributed by atoms with E-state index in [0.717, 1.165) is 12.7 Å². The number of carbonyl (C=O) groups is 1. The molecule has 4 rings (SSSR count). The average Bonchev–Trinajstić information content (AvgIpc) is 2.77. The van der Waals surface area contributed by atoms with E-state index in [2.05, 4.69) is 105 Å². The summed E-state index contributed by atoms with van der Waals surface area (Å²) in [7, 11) is 0. The Bertz CT molecular complexity index is 1130. The van der Waals surface area contributed by atoms with Gasteiger partial charge >= 0.3 is 0 Å². The van der Waals surface area contributed by atoms with Gasteiger partial charge in [0.05, 0.1) is 0 Å². The van der Waals surface area contributed by atoms with Gasteiger partial charge in [0.25, 0.3) is 0 Å². The van der Waals surface area contributed by atoms with E-state index in [4.69, 9.17) is 0 Å². The summed E-state index contributed by atoms with van der Waals surface area (Å²) in [6, 6.07) is 32.2. The molecule has 0 aliphatic rings. The molecule has 0 saturated carbocycles. The Kier molecular flexibility index (Phi) is 5.31. The van der Waals surface area contributed by atoms with E-state index in [1.165, 1.54) is 38.6 Å². The smallest absolute Gasteiger partial charge is 0.120 e. The molecule has 1 nitrogen and oxygen atoms in total. The lowest BCUT2D eigenvalue weighted by Crippen LogP contribution is -2.19. The molecule has 0 amide bonds. The summed E-state index contributed by atoms with van der Waals surface area (Å²) in [6.07, 6.45) is 2.42. The fourth-order valence-electron chi connectivity index (χ4n) is 4.24. The molecule has 0 atom stereocenters. The van der Waals surface area contributed by atoms with Crippen molar-refractivity contribution in [2.45, 2.75) is 32.1 Å². The highest BCUT2D eigenvalue weighted by atomic mass is 16.1. The van der Waals surface area contributed by atoms with Crippen molar-refractivity contribution in [1.29, 1.82) is 0 Å². The van der Waals surface area contributed by atoms with Crippen LogP contribution in [0.25, 0.3) is 33.0 Å². The van der Waals surface area contributed by atoms with E-state index in [-0.39, 0.29) is 5.41 Å². The maximum atomic E-state index is 11.1. The van der Waals surface area contributed by atoms with Crippen molar-refractivity contribution in [1.82, 2.24) is 0 Å². The van der Waals surface area contributed by atoms with Gasteiger partial charge < -0.3 is 4.79 Å². The lowest BCUT2D eigenvalue weighted by atomic mass is 9.74. The maximum Gasteiger partial charge on any atom is 0.120 e. The van der Waals surface area contributed by atoms with Gasteiger partial charge in [0.2, 0.25) is 0 Å². The number of hydrogen-bond acceptors (Lipinski definition) is 1. The quantitative estimate of drug-likeness (QED) is 0.319. The molecule has 1 heteroatoms. The highest BCUT2D eigenvalue weighted by Crippen LogP contribution is 2.44. The number of carbonyl (C=O) groups excluding carboxylic acids is 1. The highest BCUT2D eigenvalue weighted by Gasteiger charge is 2.26. The summed E-state index contributed by atoms with van der Waals surface area (Å²) in [4.78, 5) is 11.1. The van der Waals surface area contributed by atoms with E-state index < -0.39 is 0 Å². The molecule has 0 heterocycles. The zero-order valence-corrected chi connectivity index (χ0v) is 17.1. The Morgan fingerprint density at radius 2 is 1.28 bits per heavy atom. The molecule has 4 aromatic carbocycles. The zero-order valence-electron chi connectivity index (χ0n) is 17.1. The average molecular weight is 379 g/mol. The van der Waals surface area contributed by atoms with E-state index in [0.29, 0.717) is 6.42 Å². The van der Waals surface area contributed by atoms with Crippen LogP contribution in [0.2, 0.25) is 0 Å². The minimum absolute atomic E-state index is 0.125. The van der Waals surface area contributed by atoms with E-state index in [1.807, 2.05) is 0 Å². The van der Waals surface area contributed by atoms with Crippen LogP contribution in [0.5, 0.6) is 0 Å². The monoisotopic (exact) mass is 378 g/mol. The normalized spacial score (nSPS) is 11.5. The molecule has 0 aliphatic heterocycles. The van der Waals surface area contributed by atoms with Gasteiger partial charge in [-0.25, -0.2) is 0 Å². The maximum absolute atomic E-state index is 11.1. The van der Waals surface area contributed by atoms with Crippen LogP contribution in [-0.2, 0) is 10.2 Å². The lowest BCUT2D eigenvalue weighted by molar-refractivity contribution is -0.108. The molecule has 0 saturated heterocycles. The zero-order chi connectivity index (χ0) is 20.3. The minimum Gasteiger partial charge on any atom is -0.303 e. The van der Waals surface area contributed by atoms with Crippen LogP contribution in [-0.4, -0.2) is 6.29 Å². The van der Waals surface area contributed by atoms with Crippen LogP contribution in [0.15, 0.2) is 91.0 Å². The molecule has 0 bridgehead atoms. The third kappa shape index (κ3) is 3.73. The third-order valence-corrected chi connectivity index (χ3v) is 5.81. The van der Waals surface area contributed by atoms with Crippen molar-refractivity contribution in [2.75, 3.05) is 0 Å². The Morgan fingerprint density at radius 1 is 0.724 bits per heavy atom. The van der Waals surface area contributed by atoms with Crippen molar-refractivity contribution < 1.29 is 4.79 Å². The van der Waals surface area contributed by atoms with Crippen molar-refractivity contribution in [3.05, 3.63) is 96.6 Å². The molecule has 0 spiro atoms. The predicted molar refractivity (Wildman–Crippen MR) is 123 cm³/mol. The summed E-state index contributed by atoms with van der Waals surface area (Å²) >= 11 is 0. The van der Waals surface area contributed by atoms with Crippen molar-refractivity contribution in [3.8, 4) is 22.3 Å². The molecule has 0 radical (unpaired) electrons. The molecule has 0 aromatic heterocycles. The van der Waals surface area contributed by atoms with Gasteiger partial charge in [0.15, 0.2) is 0 Å². The number of fused-ring (bicyclic) bond motifs is 1. The van der Waals surface area contributed by atoms with E-state index in [1.54, 1.807) is 0 Å². The topological polar surface area (TPSA) is 17.1 Å². The van der Waals surface area contributed by atoms with Crippen LogP contribution >= 0.6 is 0 Å². The van der Waals surface area contributed by atoms with Crippen molar-refractivity contribution >= 4 is 17.1 Å². The number of benzene rings is 4. The van der Waals surface area contributed by atoms with Crippen LogP contribution < -0.4 is 0 Å². The first-order valence-corrected chi connectivity index (χ1v) is 10.2. The first-order chi connectivity index (χ1) is 14.1. The second-order valence-corrected chi connectivity index (χ2v) is 8.21. The summed E-state index contributed by atoms with van der Waals surface area (Å²) in [6.45, 7) is 4.50. The molecule has 0 unspecified atom stereocenters. The van der Waals surface area contributed by atoms with Crippen LogP contribution in [0.3, 0.4) is 0 Å². The third-order valence-electron chi connectivity index (χ3n) is 5.81. The molecule has 0 N–H and O–H groups in total. The summed E-state index contributed by atoms with van der Waals surface area (Å²) in [5.41, 5.74) is 6.13. The highest BCUT2D eigenvalue weighted by molar-refractivity contribution is 6.06. The van der Waals surface area contributed by atoms with E-state index >= 15 is 0 Å². The molecule has 4 aromatic rings. The largest absolute Gasteiger partial charge is 0.303 e. The second-order valence-electron chi connectivity index (χ2n) is 8.21. The van der Waals surface area contributed by atoms with E-state index in [9.17, 15) is 4.79 Å². The second kappa shape index (κ2) is 8.05. The summed E-state index contributed by atoms with van der Waals surface area (Å²) in [5, 5.41) is 2.52. The van der Waals surface area contributed by atoms with Crippen molar-refractivity contribution in [3.63, 3.8) is 0 Å². The summed E-state index contributed by atoms with van der Waals surface area (Å²) in [5.74, 6) is 0. The fraction of sp³-hybridized carbons (Fsp3) is 0.179. The summed E-state index contributed by atoms with van der Waals surface area (Å²) < 4.78 is 0. The van der Waals surface area contributed by atoms with Crippen LogP contribution in [0.4, 0.5) is 0 Å². The molecular weight excluding hydrogens is 352 g/mol. The van der Waals surface area contributed by atoms with Gasteiger partial charge in [0.1, 0.15) is 6.29 Å². The fourth-order valence-corrected chi connectivity index (χ4v) is 4.24. The number of hydrogen-bond donors (Lipinski definition) is 0. The SMILES string of the molecule is CC(C)(CCC=O)c1cc(-c2ccccc2)c2ccccc2c1-c1ccccc1. The van der Waals surface area contributed by atoms with Gasteiger partial charge in [-0.3, -0.25) is 0 Å². The van der Waals surface area contributed by atoms with Gasteiger partial charge in [-0.05, 0) is 56.5 Å². The van der Waals surface area contributed by atoms with Gasteiger partial charge in [0, 0.05) is 6.42 Å². The van der Waals surface area contributed by atoms with Gasteiger partial charge in [-0.1, -0.05) is 98.8 Å². The van der Waals surface area contributed by atoms with Gasteiger partial charge in [-0.2, -0.15) is 0 Å². The number of aldehydes is 1. The molecule has 144 valence electrons. The Labute approximate surface area is 173 Å². The predicted octanol–water partition coefficient (Wildman–Crippen LogP) is 7.43. The Morgan fingerprint density at radius 3 is 1.90 bits per heavy atom. The molecule has 0 fully saturated rings. The molecule has 29 heavy (non-hydrogen) atoms. The van der Waals surface area contributed by atoms with Gasteiger partial charge in [-0.15, -0.1) is 0 Å². The van der Waals surface area contributed by atoms with Crippen LogP contribution in [0.1, 0.15) is 32.3 Å². The first kappa shape index (κ1) is 19.1. The lowest BCUT2D eigenvalue weighted by Gasteiger charge is -2.30. The van der Waals surface area contributed by atoms with Crippen LogP contribution in [0, 0.1) is 0 Å². The number of rotatable bonds is 6. The Balaban J connectivity index is 2.09. The molecular formula is C28H26O. The minimum atomic E-state index is -0.125. The molecule has 0 aliphatic carbocycles. The van der Waals surface area contributed by atoms with Crippen molar-refractivity contribution in [2.24, 2.45) is 0 Å². The Hall–Kier alpha value is -3.19. The first-order valence-electron chi connectivity index (χ1n) is 10.2.